The first-order chi connectivity index (χ1) is 8.80. The fourth-order valence-electron chi connectivity index (χ4n) is 4.94. The highest BCUT2D eigenvalue weighted by Gasteiger charge is 2.61. The fourth-order valence-corrected chi connectivity index (χ4v) is 4.94. The van der Waals surface area contributed by atoms with Crippen LogP contribution in [0.25, 0.3) is 0 Å². The maximum atomic E-state index is 9.97. The zero-order valence-corrected chi connectivity index (χ0v) is 10.5. The third kappa shape index (κ3) is 1.29. The van der Waals surface area contributed by atoms with E-state index in [-0.39, 0.29) is 5.41 Å². The molecule has 2 bridgehead atoms. The Labute approximate surface area is 107 Å². The van der Waals surface area contributed by atoms with Crippen LogP contribution in [-0.2, 0) is 10.2 Å². The third-order valence-electron chi connectivity index (χ3n) is 5.61. The molecule has 1 aromatic rings. The predicted octanol–water partition coefficient (Wildman–Crippen LogP) is 2.10. The first-order valence-corrected chi connectivity index (χ1v) is 7.01. The number of aromatic nitrogens is 1. The van der Waals surface area contributed by atoms with Crippen molar-refractivity contribution in [3.63, 3.8) is 0 Å². The van der Waals surface area contributed by atoms with Gasteiger partial charge in [-0.15, -0.1) is 0 Å². The topological polar surface area (TPSA) is 42.4 Å². The second-order valence-corrected chi connectivity index (χ2v) is 6.15. The molecule has 3 heteroatoms. The summed E-state index contributed by atoms with van der Waals surface area (Å²) >= 11 is 0. The zero-order chi connectivity index (χ0) is 12.2. The van der Waals surface area contributed by atoms with Gasteiger partial charge in [-0.25, -0.2) is 0 Å². The van der Waals surface area contributed by atoms with Gasteiger partial charge in [-0.2, -0.15) is 0 Å². The Balaban J connectivity index is 1.83. The lowest BCUT2D eigenvalue weighted by Crippen LogP contribution is -2.50. The van der Waals surface area contributed by atoms with E-state index in [2.05, 4.69) is 11.1 Å². The minimum Gasteiger partial charge on any atom is -0.368 e. The van der Waals surface area contributed by atoms with Gasteiger partial charge in [-0.05, 0) is 48.6 Å². The van der Waals surface area contributed by atoms with Crippen molar-refractivity contribution in [1.82, 2.24) is 4.98 Å². The van der Waals surface area contributed by atoms with Crippen molar-refractivity contribution in [2.45, 2.75) is 37.4 Å². The Hall–Kier alpha value is -0.930. The number of aliphatic hydroxyl groups is 1. The van der Waals surface area contributed by atoms with Crippen molar-refractivity contribution < 1.29 is 9.84 Å². The number of aliphatic hydroxyl groups excluding tert-OH is 1. The Morgan fingerprint density at radius 3 is 3.17 bits per heavy atom. The molecular weight excluding hydrogens is 226 g/mol. The lowest BCUT2D eigenvalue weighted by Gasteiger charge is -2.48. The van der Waals surface area contributed by atoms with E-state index in [4.69, 9.17) is 4.74 Å². The molecule has 2 saturated carbocycles. The van der Waals surface area contributed by atoms with E-state index < -0.39 is 6.29 Å². The molecule has 0 unspecified atom stereocenters. The Bertz CT molecular complexity index is 449. The highest BCUT2D eigenvalue weighted by atomic mass is 16.6. The Morgan fingerprint density at radius 1 is 1.39 bits per heavy atom. The van der Waals surface area contributed by atoms with Gasteiger partial charge in [0.2, 0.25) is 0 Å². The van der Waals surface area contributed by atoms with Crippen molar-refractivity contribution >= 4 is 0 Å². The lowest BCUT2D eigenvalue weighted by molar-refractivity contribution is -0.176. The maximum Gasteiger partial charge on any atom is 0.155 e. The van der Waals surface area contributed by atoms with Gasteiger partial charge in [-0.1, -0.05) is 6.07 Å². The quantitative estimate of drug-likeness (QED) is 0.824. The summed E-state index contributed by atoms with van der Waals surface area (Å²) in [7, 11) is 0. The lowest BCUT2D eigenvalue weighted by atomic mass is 9.60. The summed E-state index contributed by atoms with van der Waals surface area (Å²) < 4.78 is 5.53. The van der Waals surface area contributed by atoms with Crippen LogP contribution in [0.3, 0.4) is 0 Å². The first-order valence-electron chi connectivity index (χ1n) is 7.01. The van der Waals surface area contributed by atoms with E-state index >= 15 is 0 Å². The molecule has 3 fully saturated rings. The average molecular weight is 245 g/mol. The molecule has 4 rings (SSSR count). The number of pyridine rings is 1. The number of fused-ring (bicyclic) bond motifs is 5. The molecule has 96 valence electrons. The zero-order valence-electron chi connectivity index (χ0n) is 10.5. The van der Waals surface area contributed by atoms with Gasteiger partial charge in [0.25, 0.3) is 0 Å². The van der Waals surface area contributed by atoms with Gasteiger partial charge >= 0.3 is 0 Å². The summed E-state index contributed by atoms with van der Waals surface area (Å²) in [4.78, 5) is 4.30. The standard InChI is InChI=1S/C15H19NO2/c17-14-7-15(12-2-1-5-16-8-12)11-4-3-10(6-11)13(15)9-18-14/h1-2,5,8,10-11,13-14,17H,3-4,6-7,9H2/t10-,11-,13-,14-,15+/m0/s1. The SMILES string of the molecule is O[C@@H]1C[C@]2(c3cccnc3)[C@H]3CC[C@@H](C3)[C@@H]2CO1. The van der Waals surface area contributed by atoms with E-state index in [1.54, 1.807) is 0 Å². The summed E-state index contributed by atoms with van der Waals surface area (Å²) in [5, 5.41) is 9.97. The molecule has 3 nitrogen and oxygen atoms in total. The van der Waals surface area contributed by atoms with Crippen molar-refractivity contribution in [3.8, 4) is 0 Å². The minimum absolute atomic E-state index is 0.134. The summed E-state index contributed by atoms with van der Waals surface area (Å²) in [5.41, 5.74) is 1.46. The van der Waals surface area contributed by atoms with Crippen molar-refractivity contribution in [1.29, 1.82) is 0 Å². The maximum absolute atomic E-state index is 9.97. The number of rotatable bonds is 1. The smallest absolute Gasteiger partial charge is 0.155 e. The molecule has 0 spiro atoms. The van der Waals surface area contributed by atoms with Crippen LogP contribution in [0.15, 0.2) is 24.5 Å². The van der Waals surface area contributed by atoms with Gasteiger partial charge in [0.1, 0.15) is 0 Å². The van der Waals surface area contributed by atoms with E-state index in [0.717, 1.165) is 24.9 Å². The minimum atomic E-state index is -0.596. The van der Waals surface area contributed by atoms with Crippen LogP contribution in [0.5, 0.6) is 0 Å². The Kier molecular flexibility index (Phi) is 2.30. The van der Waals surface area contributed by atoms with Crippen LogP contribution in [0.4, 0.5) is 0 Å². The van der Waals surface area contributed by atoms with Crippen LogP contribution in [0.1, 0.15) is 31.2 Å². The van der Waals surface area contributed by atoms with Crippen molar-refractivity contribution in [2.75, 3.05) is 6.61 Å². The van der Waals surface area contributed by atoms with Gasteiger partial charge in [0, 0.05) is 24.2 Å². The largest absolute Gasteiger partial charge is 0.368 e. The molecule has 1 aromatic heterocycles. The molecule has 1 saturated heterocycles. The van der Waals surface area contributed by atoms with Crippen molar-refractivity contribution in [2.24, 2.45) is 17.8 Å². The predicted molar refractivity (Wildman–Crippen MR) is 66.8 cm³/mol. The second-order valence-electron chi connectivity index (χ2n) is 6.15. The summed E-state index contributed by atoms with van der Waals surface area (Å²) in [5.74, 6) is 2.10. The summed E-state index contributed by atoms with van der Waals surface area (Å²) in [6, 6.07) is 4.22. The van der Waals surface area contributed by atoms with Crippen LogP contribution < -0.4 is 0 Å². The highest BCUT2D eigenvalue weighted by molar-refractivity contribution is 5.30. The van der Waals surface area contributed by atoms with Gasteiger partial charge in [0.15, 0.2) is 6.29 Å². The van der Waals surface area contributed by atoms with E-state index in [1.807, 2.05) is 18.5 Å². The van der Waals surface area contributed by atoms with Crippen LogP contribution >= 0.6 is 0 Å². The van der Waals surface area contributed by atoms with Gasteiger partial charge in [-0.3, -0.25) is 4.98 Å². The summed E-state index contributed by atoms with van der Waals surface area (Å²) in [6.45, 7) is 0.719. The molecule has 5 atom stereocenters. The number of hydrogen-bond acceptors (Lipinski definition) is 3. The molecule has 2 aliphatic carbocycles. The average Bonchev–Trinajstić information content (AvgIpc) is 3.00. The monoisotopic (exact) mass is 245 g/mol. The molecule has 3 aliphatic rings. The van der Waals surface area contributed by atoms with E-state index in [1.165, 1.54) is 24.8 Å². The normalized spacial score (nSPS) is 46.1. The third-order valence-corrected chi connectivity index (χ3v) is 5.61. The molecule has 0 amide bonds. The summed E-state index contributed by atoms with van der Waals surface area (Å²) in [6.07, 6.45) is 7.96. The van der Waals surface area contributed by atoms with E-state index in [9.17, 15) is 5.11 Å². The second kappa shape index (κ2) is 3.78. The van der Waals surface area contributed by atoms with Crippen LogP contribution in [0.2, 0.25) is 0 Å². The van der Waals surface area contributed by atoms with Crippen LogP contribution in [-0.4, -0.2) is 23.0 Å². The highest BCUT2D eigenvalue weighted by Crippen LogP contribution is 2.63. The number of hydrogen-bond donors (Lipinski definition) is 1. The molecule has 1 N–H and O–H groups in total. The fraction of sp³-hybridized carbons (Fsp3) is 0.667. The number of ether oxygens (including phenoxy) is 1. The van der Waals surface area contributed by atoms with Gasteiger partial charge in [0.05, 0.1) is 6.61 Å². The van der Waals surface area contributed by atoms with E-state index in [0.29, 0.717) is 5.92 Å². The molecule has 0 radical (unpaired) electrons. The molecule has 2 heterocycles. The number of nitrogens with zero attached hydrogens (tertiary/aromatic N) is 1. The van der Waals surface area contributed by atoms with Gasteiger partial charge < -0.3 is 9.84 Å². The Morgan fingerprint density at radius 2 is 2.33 bits per heavy atom. The molecule has 0 aromatic carbocycles. The molecule has 1 aliphatic heterocycles. The van der Waals surface area contributed by atoms with Crippen molar-refractivity contribution in [3.05, 3.63) is 30.1 Å². The molecular formula is C15H19NO2. The van der Waals surface area contributed by atoms with Crippen LogP contribution in [0, 0.1) is 17.8 Å². The first kappa shape index (κ1) is 10.9. The molecule has 18 heavy (non-hydrogen) atoms.